The van der Waals surface area contributed by atoms with Crippen LogP contribution in [0.4, 0.5) is 0 Å². The average molecular weight is 396 g/mol. The van der Waals surface area contributed by atoms with Gasteiger partial charge in [-0.05, 0) is 42.7 Å². The van der Waals surface area contributed by atoms with E-state index in [-0.39, 0.29) is 36.2 Å². The van der Waals surface area contributed by atoms with Crippen LogP contribution in [0.1, 0.15) is 63.0 Å². The molecule has 2 unspecified atom stereocenters. The van der Waals surface area contributed by atoms with Gasteiger partial charge >= 0.3 is 0 Å². The standard InChI is InChI=1S/C21H33N3O2.ClH/c1-3-17-7-9-18(10-8-17)16(2)14-21(26)24-13-5-4-6-19(24)15-23-20(25)11-12-22;/h7-10,16,19H,3-6,11-15,22H2,1-2H3,(H,23,25);1H. The molecule has 0 spiro atoms. The Morgan fingerprint density at radius 3 is 2.59 bits per heavy atom. The van der Waals surface area contributed by atoms with Gasteiger partial charge in [0.15, 0.2) is 0 Å². The molecule has 0 radical (unpaired) electrons. The molecule has 2 rings (SSSR count). The van der Waals surface area contributed by atoms with Crippen LogP contribution in [0.15, 0.2) is 24.3 Å². The highest BCUT2D eigenvalue weighted by atomic mass is 35.5. The average Bonchev–Trinajstić information content (AvgIpc) is 2.66. The van der Waals surface area contributed by atoms with Crippen LogP contribution < -0.4 is 11.1 Å². The SMILES string of the molecule is CCc1ccc(C(C)CC(=O)N2CCCCC2CNC(=O)CCN)cc1.Cl. The maximum Gasteiger partial charge on any atom is 0.223 e. The van der Waals surface area contributed by atoms with Crippen molar-refractivity contribution in [2.75, 3.05) is 19.6 Å². The molecule has 1 aliphatic rings. The minimum atomic E-state index is -0.0325. The number of carbonyl (C=O) groups excluding carboxylic acids is 2. The quantitative estimate of drug-likeness (QED) is 0.710. The van der Waals surface area contributed by atoms with Crippen molar-refractivity contribution < 1.29 is 9.59 Å². The predicted molar refractivity (Wildman–Crippen MR) is 112 cm³/mol. The first kappa shape index (κ1) is 23.4. The Bertz CT molecular complexity index is 592. The second-order valence-corrected chi connectivity index (χ2v) is 7.28. The molecule has 2 amide bonds. The second kappa shape index (κ2) is 12.0. The van der Waals surface area contributed by atoms with Crippen molar-refractivity contribution in [2.45, 2.75) is 64.3 Å². The molecule has 1 saturated heterocycles. The van der Waals surface area contributed by atoms with E-state index in [0.29, 0.717) is 25.9 Å². The Morgan fingerprint density at radius 1 is 1.26 bits per heavy atom. The summed E-state index contributed by atoms with van der Waals surface area (Å²) in [4.78, 5) is 26.5. The molecule has 1 aromatic carbocycles. The number of aryl methyl sites for hydroxylation is 1. The number of amides is 2. The third kappa shape index (κ3) is 7.15. The minimum absolute atomic E-state index is 0. The Hall–Kier alpha value is -1.59. The molecule has 152 valence electrons. The van der Waals surface area contributed by atoms with Crippen molar-refractivity contribution in [2.24, 2.45) is 5.73 Å². The summed E-state index contributed by atoms with van der Waals surface area (Å²) in [5.41, 5.74) is 7.94. The highest BCUT2D eigenvalue weighted by Crippen LogP contribution is 2.24. The van der Waals surface area contributed by atoms with E-state index in [2.05, 4.69) is 43.4 Å². The van der Waals surface area contributed by atoms with Gasteiger partial charge in [-0.2, -0.15) is 0 Å². The van der Waals surface area contributed by atoms with Gasteiger partial charge in [-0.3, -0.25) is 9.59 Å². The van der Waals surface area contributed by atoms with E-state index < -0.39 is 0 Å². The molecule has 2 atom stereocenters. The molecular weight excluding hydrogens is 362 g/mol. The van der Waals surface area contributed by atoms with Crippen molar-refractivity contribution in [3.63, 3.8) is 0 Å². The van der Waals surface area contributed by atoms with Crippen molar-refractivity contribution in [3.05, 3.63) is 35.4 Å². The van der Waals surface area contributed by atoms with Crippen molar-refractivity contribution >= 4 is 24.2 Å². The first-order valence-corrected chi connectivity index (χ1v) is 9.90. The van der Waals surface area contributed by atoms with Crippen LogP contribution in [0.5, 0.6) is 0 Å². The first-order chi connectivity index (χ1) is 12.5. The lowest BCUT2D eigenvalue weighted by Crippen LogP contribution is -2.49. The third-order valence-corrected chi connectivity index (χ3v) is 5.29. The van der Waals surface area contributed by atoms with E-state index in [0.717, 1.165) is 32.2 Å². The van der Waals surface area contributed by atoms with Gasteiger partial charge in [-0.1, -0.05) is 38.1 Å². The van der Waals surface area contributed by atoms with E-state index >= 15 is 0 Å². The molecule has 0 saturated carbocycles. The summed E-state index contributed by atoms with van der Waals surface area (Å²) in [6.07, 6.45) is 4.98. The van der Waals surface area contributed by atoms with Crippen LogP contribution in [-0.2, 0) is 16.0 Å². The molecular formula is C21H34ClN3O2. The molecule has 0 aliphatic carbocycles. The highest BCUT2D eigenvalue weighted by molar-refractivity contribution is 5.85. The lowest BCUT2D eigenvalue weighted by atomic mass is 9.94. The van der Waals surface area contributed by atoms with Crippen LogP contribution >= 0.6 is 12.4 Å². The van der Waals surface area contributed by atoms with Crippen molar-refractivity contribution in [1.82, 2.24) is 10.2 Å². The Morgan fingerprint density at radius 2 is 1.96 bits per heavy atom. The van der Waals surface area contributed by atoms with E-state index in [1.54, 1.807) is 0 Å². The number of rotatable bonds is 8. The Balaban J connectivity index is 0.00000364. The number of carbonyl (C=O) groups is 2. The smallest absolute Gasteiger partial charge is 0.223 e. The summed E-state index contributed by atoms with van der Waals surface area (Å²) in [6.45, 7) is 5.93. The number of nitrogens with two attached hydrogens (primary N) is 1. The normalized spacial score (nSPS) is 17.7. The largest absolute Gasteiger partial charge is 0.354 e. The topological polar surface area (TPSA) is 75.4 Å². The number of halogens is 1. The molecule has 0 bridgehead atoms. The summed E-state index contributed by atoms with van der Waals surface area (Å²) in [5.74, 6) is 0.354. The molecule has 1 fully saturated rings. The predicted octanol–water partition coefficient (Wildman–Crippen LogP) is 3.01. The van der Waals surface area contributed by atoms with Crippen LogP contribution in [0.3, 0.4) is 0 Å². The van der Waals surface area contributed by atoms with E-state index in [4.69, 9.17) is 5.73 Å². The van der Waals surface area contributed by atoms with Gasteiger partial charge in [-0.25, -0.2) is 0 Å². The number of nitrogens with one attached hydrogen (secondary N) is 1. The summed E-state index contributed by atoms with van der Waals surface area (Å²) >= 11 is 0. The third-order valence-electron chi connectivity index (χ3n) is 5.29. The van der Waals surface area contributed by atoms with Crippen LogP contribution in [-0.4, -0.2) is 42.4 Å². The number of hydrogen-bond acceptors (Lipinski definition) is 3. The fourth-order valence-electron chi connectivity index (χ4n) is 3.57. The van der Waals surface area contributed by atoms with E-state index in [1.807, 2.05) is 4.90 Å². The molecule has 3 N–H and O–H groups in total. The molecule has 1 aromatic rings. The number of piperidine rings is 1. The lowest BCUT2D eigenvalue weighted by Gasteiger charge is -2.36. The maximum atomic E-state index is 12.9. The van der Waals surface area contributed by atoms with Gasteiger partial charge in [0, 0.05) is 38.5 Å². The summed E-state index contributed by atoms with van der Waals surface area (Å²) in [7, 11) is 0. The van der Waals surface area contributed by atoms with Crippen LogP contribution in [0, 0.1) is 0 Å². The molecule has 0 aromatic heterocycles. The van der Waals surface area contributed by atoms with Crippen molar-refractivity contribution in [3.8, 4) is 0 Å². The maximum absolute atomic E-state index is 12.9. The zero-order valence-corrected chi connectivity index (χ0v) is 17.4. The summed E-state index contributed by atoms with van der Waals surface area (Å²) < 4.78 is 0. The van der Waals surface area contributed by atoms with Crippen molar-refractivity contribution in [1.29, 1.82) is 0 Å². The summed E-state index contributed by atoms with van der Waals surface area (Å²) in [5, 5.41) is 2.92. The van der Waals surface area contributed by atoms with Gasteiger partial charge in [0.2, 0.25) is 11.8 Å². The number of hydrogen-bond donors (Lipinski definition) is 2. The minimum Gasteiger partial charge on any atom is -0.354 e. The number of likely N-dealkylation sites (tertiary alicyclic amines) is 1. The van der Waals surface area contributed by atoms with Crippen LogP contribution in [0.2, 0.25) is 0 Å². The van der Waals surface area contributed by atoms with Gasteiger partial charge in [0.25, 0.3) is 0 Å². The van der Waals surface area contributed by atoms with E-state index in [1.165, 1.54) is 11.1 Å². The zero-order chi connectivity index (χ0) is 18.9. The molecule has 27 heavy (non-hydrogen) atoms. The van der Waals surface area contributed by atoms with Gasteiger partial charge in [0.1, 0.15) is 0 Å². The van der Waals surface area contributed by atoms with Gasteiger partial charge in [0.05, 0.1) is 0 Å². The van der Waals surface area contributed by atoms with E-state index in [9.17, 15) is 9.59 Å². The molecule has 6 heteroatoms. The Labute approximate surface area is 169 Å². The number of nitrogens with zero attached hydrogens (tertiary/aromatic N) is 1. The van der Waals surface area contributed by atoms with Gasteiger partial charge < -0.3 is 16.0 Å². The van der Waals surface area contributed by atoms with Crippen LogP contribution in [0.25, 0.3) is 0 Å². The van der Waals surface area contributed by atoms with Gasteiger partial charge in [-0.15, -0.1) is 12.4 Å². The summed E-state index contributed by atoms with van der Waals surface area (Å²) in [6, 6.07) is 8.67. The molecule has 5 nitrogen and oxygen atoms in total. The fourth-order valence-corrected chi connectivity index (χ4v) is 3.57. The second-order valence-electron chi connectivity index (χ2n) is 7.28. The highest BCUT2D eigenvalue weighted by Gasteiger charge is 2.27. The first-order valence-electron chi connectivity index (χ1n) is 9.90. The monoisotopic (exact) mass is 395 g/mol. The molecule has 1 aliphatic heterocycles. The molecule has 1 heterocycles. The lowest BCUT2D eigenvalue weighted by molar-refractivity contribution is -0.135. The fraction of sp³-hybridized carbons (Fsp3) is 0.619. The number of benzene rings is 1. The Kier molecular flexibility index (Phi) is 10.4. The zero-order valence-electron chi connectivity index (χ0n) is 16.6.